The van der Waals surface area contributed by atoms with Gasteiger partial charge in [-0.3, -0.25) is 9.48 Å². The Kier molecular flexibility index (Phi) is 3.13. The topological polar surface area (TPSA) is 51.3 Å². The van der Waals surface area contributed by atoms with Crippen LogP contribution in [0.4, 0.5) is 0 Å². The third-order valence-electron chi connectivity index (χ3n) is 5.01. The molecule has 0 spiro atoms. The lowest BCUT2D eigenvalue weighted by Gasteiger charge is -2.17. The molecule has 0 N–H and O–H groups in total. The van der Waals surface area contributed by atoms with Crippen LogP contribution in [-0.2, 0) is 0 Å². The maximum absolute atomic E-state index is 12.7. The van der Waals surface area contributed by atoms with Crippen LogP contribution in [0.1, 0.15) is 22.8 Å². The Balaban J connectivity index is 1.48. The molecule has 0 radical (unpaired) electrons. The lowest BCUT2D eigenvalue weighted by Crippen LogP contribution is -2.29. The predicted molar refractivity (Wildman–Crippen MR) is 95.5 cm³/mol. The second kappa shape index (κ2) is 5.48. The molecule has 124 valence electrons. The normalized spacial score (nSPS) is 17.6. The number of aromatic nitrogens is 2. The van der Waals surface area contributed by atoms with E-state index in [0.29, 0.717) is 6.54 Å². The Hall–Kier alpha value is -3.08. The standard InChI is InChI=1S/C20H17N3O2/c24-20(14-4-2-1-3-5-14)22-10-8-16(13-22)23-19-15(12-21-23)6-7-18-17(19)9-11-25-18/h1-7,9,11-12,16H,8,10,13H2. The Morgan fingerprint density at radius 2 is 2.00 bits per heavy atom. The highest BCUT2D eigenvalue weighted by molar-refractivity contribution is 6.03. The molecule has 2 aromatic carbocycles. The van der Waals surface area contributed by atoms with Crippen LogP contribution >= 0.6 is 0 Å². The third-order valence-corrected chi connectivity index (χ3v) is 5.01. The predicted octanol–water partition coefficient (Wildman–Crippen LogP) is 3.87. The van der Waals surface area contributed by atoms with Crippen molar-refractivity contribution in [1.82, 2.24) is 14.7 Å². The molecule has 25 heavy (non-hydrogen) atoms. The number of benzene rings is 2. The van der Waals surface area contributed by atoms with Gasteiger partial charge in [-0.25, -0.2) is 0 Å². The molecule has 1 aliphatic heterocycles. The molecule has 3 heterocycles. The van der Waals surface area contributed by atoms with Gasteiger partial charge in [-0.05, 0) is 36.8 Å². The molecular weight excluding hydrogens is 314 g/mol. The second-order valence-electron chi connectivity index (χ2n) is 6.48. The van der Waals surface area contributed by atoms with Crippen molar-refractivity contribution >= 4 is 27.8 Å². The highest BCUT2D eigenvalue weighted by atomic mass is 16.3. The van der Waals surface area contributed by atoms with Crippen molar-refractivity contribution in [2.45, 2.75) is 12.5 Å². The highest BCUT2D eigenvalue weighted by Crippen LogP contribution is 2.31. The van der Waals surface area contributed by atoms with Crippen LogP contribution < -0.4 is 0 Å². The molecule has 1 atom stereocenters. The van der Waals surface area contributed by atoms with E-state index >= 15 is 0 Å². The van der Waals surface area contributed by atoms with Crippen molar-refractivity contribution in [2.24, 2.45) is 0 Å². The summed E-state index contributed by atoms with van der Waals surface area (Å²) in [5, 5.41) is 6.78. The van der Waals surface area contributed by atoms with Gasteiger partial charge in [-0.1, -0.05) is 18.2 Å². The minimum absolute atomic E-state index is 0.0908. The van der Waals surface area contributed by atoms with Crippen molar-refractivity contribution in [3.05, 3.63) is 66.6 Å². The minimum atomic E-state index is 0.0908. The molecule has 1 aliphatic rings. The molecule has 1 amide bonds. The van der Waals surface area contributed by atoms with Crippen LogP contribution in [-0.4, -0.2) is 33.7 Å². The van der Waals surface area contributed by atoms with E-state index < -0.39 is 0 Å². The summed E-state index contributed by atoms with van der Waals surface area (Å²) in [4.78, 5) is 14.6. The summed E-state index contributed by atoms with van der Waals surface area (Å²) in [7, 11) is 0. The van der Waals surface area contributed by atoms with E-state index in [0.717, 1.165) is 40.4 Å². The lowest BCUT2D eigenvalue weighted by molar-refractivity contribution is 0.0787. The van der Waals surface area contributed by atoms with Gasteiger partial charge < -0.3 is 9.32 Å². The average molecular weight is 331 g/mol. The number of furan rings is 1. The molecule has 0 saturated carbocycles. The van der Waals surface area contributed by atoms with E-state index in [9.17, 15) is 4.79 Å². The fourth-order valence-corrected chi connectivity index (χ4v) is 3.75. The van der Waals surface area contributed by atoms with Gasteiger partial charge in [0.1, 0.15) is 5.58 Å². The smallest absolute Gasteiger partial charge is 0.253 e. The molecule has 1 saturated heterocycles. The zero-order chi connectivity index (χ0) is 16.8. The van der Waals surface area contributed by atoms with Crippen molar-refractivity contribution in [1.29, 1.82) is 0 Å². The highest BCUT2D eigenvalue weighted by Gasteiger charge is 2.29. The van der Waals surface area contributed by atoms with Gasteiger partial charge in [0, 0.05) is 29.4 Å². The number of likely N-dealkylation sites (tertiary alicyclic amines) is 1. The van der Waals surface area contributed by atoms with E-state index in [1.54, 1.807) is 6.26 Å². The molecule has 5 heteroatoms. The number of nitrogens with zero attached hydrogens (tertiary/aromatic N) is 3. The van der Waals surface area contributed by atoms with E-state index in [-0.39, 0.29) is 11.9 Å². The zero-order valence-corrected chi connectivity index (χ0v) is 13.6. The number of amides is 1. The number of hydrogen-bond donors (Lipinski definition) is 0. The van der Waals surface area contributed by atoms with Gasteiger partial charge in [0.05, 0.1) is 24.0 Å². The molecule has 2 aromatic heterocycles. The van der Waals surface area contributed by atoms with Gasteiger partial charge >= 0.3 is 0 Å². The van der Waals surface area contributed by atoms with Gasteiger partial charge in [-0.15, -0.1) is 0 Å². The molecule has 0 aliphatic carbocycles. The largest absolute Gasteiger partial charge is 0.464 e. The van der Waals surface area contributed by atoms with Crippen molar-refractivity contribution < 1.29 is 9.21 Å². The van der Waals surface area contributed by atoms with E-state index in [4.69, 9.17) is 4.42 Å². The first-order valence-electron chi connectivity index (χ1n) is 8.49. The van der Waals surface area contributed by atoms with Gasteiger partial charge in [0.25, 0.3) is 5.91 Å². The summed E-state index contributed by atoms with van der Waals surface area (Å²) in [5.74, 6) is 0.0908. The van der Waals surface area contributed by atoms with Crippen LogP contribution in [0.3, 0.4) is 0 Å². The van der Waals surface area contributed by atoms with Crippen LogP contribution in [0.15, 0.2) is 65.4 Å². The minimum Gasteiger partial charge on any atom is -0.464 e. The average Bonchev–Trinajstić information content (AvgIpc) is 3.38. The van der Waals surface area contributed by atoms with Gasteiger partial charge in [0.15, 0.2) is 0 Å². The fraction of sp³-hybridized carbons (Fsp3) is 0.200. The quantitative estimate of drug-likeness (QED) is 0.560. The number of carbonyl (C=O) groups is 1. The molecule has 1 unspecified atom stereocenters. The summed E-state index contributed by atoms with van der Waals surface area (Å²) >= 11 is 0. The summed E-state index contributed by atoms with van der Waals surface area (Å²) in [5.41, 5.74) is 2.69. The van der Waals surface area contributed by atoms with Crippen molar-refractivity contribution in [2.75, 3.05) is 13.1 Å². The van der Waals surface area contributed by atoms with Crippen molar-refractivity contribution in [3.63, 3.8) is 0 Å². The van der Waals surface area contributed by atoms with Crippen LogP contribution in [0.5, 0.6) is 0 Å². The number of rotatable bonds is 2. The first-order chi connectivity index (χ1) is 12.3. The molecule has 5 nitrogen and oxygen atoms in total. The third kappa shape index (κ3) is 2.23. The number of carbonyl (C=O) groups excluding carboxylic acids is 1. The maximum Gasteiger partial charge on any atom is 0.253 e. The summed E-state index contributed by atoms with van der Waals surface area (Å²) < 4.78 is 7.59. The molecule has 0 bridgehead atoms. The molecule has 4 aromatic rings. The summed E-state index contributed by atoms with van der Waals surface area (Å²) in [6.07, 6.45) is 4.51. The van der Waals surface area contributed by atoms with Crippen molar-refractivity contribution in [3.8, 4) is 0 Å². The lowest BCUT2D eigenvalue weighted by atomic mass is 10.1. The molecule has 5 rings (SSSR count). The first kappa shape index (κ1) is 14.3. The molecule has 1 fully saturated rings. The SMILES string of the molecule is O=C(c1ccccc1)N1CCC(n2ncc3ccc4occc4c32)C1. The number of fused-ring (bicyclic) bond motifs is 3. The Morgan fingerprint density at radius 1 is 1.12 bits per heavy atom. The van der Waals surface area contributed by atoms with Gasteiger partial charge in [0.2, 0.25) is 0 Å². The summed E-state index contributed by atoms with van der Waals surface area (Å²) in [6, 6.07) is 15.6. The Morgan fingerprint density at radius 3 is 2.88 bits per heavy atom. The molecular formula is C20H17N3O2. The fourth-order valence-electron chi connectivity index (χ4n) is 3.75. The zero-order valence-electron chi connectivity index (χ0n) is 13.6. The Bertz CT molecular complexity index is 1060. The van der Waals surface area contributed by atoms with Crippen LogP contribution in [0.2, 0.25) is 0 Å². The monoisotopic (exact) mass is 331 g/mol. The van der Waals surface area contributed by atoms with E-state index in [1.165, 1.54) is 0 Å². The second-order valence-corrected chi connectivity index (χ2v) is 6.48. The van der Waals surface area contributed by atoms with E-state index in [1.807, 2.05) is 59.6 Å². The maximum atomic E-state index is 12.7. The Labute approximate surface area is 144 Å². The number of hydrogen-bond acceptors (Lipinski definition) is 3. The first-order valence-corrected chi connectivity index (χ1v) is 8.49. The van der Waals surface area contributed by atoms with E-state index in [2.05, 4.69) is 9.78 Å². The van der Waals surface area contributed by atoms with Gasteiger partial charge in [-0.2, -0.15) is 5.10 Å². The van der Waals surface area contributed by atoms with Crippen LogP contribution in [0.25, 0.3) is 21.9 Å². The van der Waals surface area contributed by atoms with Crippen LogP contribution in [0, 0.1) is 0 Å². The summed E-state index contributed by atoms with van der Waals surface area (Å²) in [6.45, 7) is 1.43.